The van der Waals surface area contributed by atoms with Gasteiger partial charge in [0.05, 0.1) is 22.6 Å². The molecule has 0 atom stereocenters. The lowest BCUT2D eigenvalue weighted by Crippen LogP contribution is -2.31. The monoisotopic (exact) mass is 499 g/mol. The lowest BCUT2D eigenvalue weighted by atomic mass is 10.1. The third-order valence-corrected chi connectivity index (χ3v) is 5.30. The second-order valence-electron chi connectivity index (χ2n) is 7.12. The molecule has 0 heterocycles. The average molecular weight is 500 g/mol. The standard InChI is InChI=1S/C24H19Cl2N3O5/c1-14-6-7-16(25)12-21(14)27-24(31)22(11-15-4-3-5-17(10-15)29(32)33)28-23(30)19-9-8-18(34-2)13-20(19)26/h3-13H,1-2H3,(H,27,31)(H,28,30). The molecule has 3 aromatic rings. The lowest BCUT2D eigenvalue weighted by molar-refractivity contribution is -0.384. The van der Waals surface area contributed by atoms with E-state index < -0.39 is 16.7 Å². The zero-order valence-corrected chi connectivity index (χ0v) is 19.6. The number of hydrogen-bond donors (Lipinski definition) is 2. The highest BCUT2D eigenvalue weighted by Crippen LogP contribution is 2.24. The number of methoxy groups -OCH3 is 1. The molecular weight excluding hydrogens is 481 g/mol. The second kappa shape index (κ2) is 10.8. The fourth-order valence-corrected chi connectivity index (χ4v) is 3.40. The van der Waals surface area contributed by atoms with Gasteiger partial charge in [-0.1, -0.05) is 41.4 Å². The average Bonchev–Trinajstić information content (AvgIpc) is 2.80. The number of hydrogen-bond acceptors (Lipinski definition) is 5. The Kier molecular flexibility index (Phi) is 7.88. The number of carbonyl (C=O) groups excluding carboxylic acids is 2. The van der Waals surface area contributed by atoms with E-state index in [1.165, 1.54) is 43.5 Å². The molecule has 3 aromatic carbocycles. The Morgan fingerprint density at radius 3 is 2.50 bits per heavy atom. The minimum atomic E-state index is -0.658. The van der Waals surface area contributed by atoms with Crippen LogP contribution < -0.4 is 15.4 Å². The molecule has 174 valence electrons. The molecule has 0 radical (unpaired) electrons. The molecule has 2 amide bonds. The minimum absolute atomic E-state index is 0.110. The summed E-state index contributed by atoms with van der Waals surface area (Å²) in [7, 11) is 1.47. The number of rotatable bonds is 7. The third-order valence-electron chi connectivity index (χ3n) is 4.75. The molecule has 10 heteroatoms. The SMILES string of the molecule is COc1ccc(C(=O)NC(=Cc2cccc([N+](=O)[O-])c2)C(=O)Nc2cc(Cl)ccc2C)c(Cl)c1. The van der Waals surface area contributed by atoms with E-state index in [-0.39, 0.29) is 22.0 Å². The molecule has 2 N–H and O–H groups in total. The molecular formula is C24H19Cl2N3O5. The first-order chi connectivity index (χ1) is 16.2. The fraction of sp³-hybridized carbons (Fsp3) is 0.0833. The summed E-state index contributed by atoms with van der Waals surface area (Å²) in [6.45, 7) is 1.78. The van der Waals surface area contributed by atoms with Gasteiger partial charge < -0.3 is 15.4 Å². The van der Waals surface area contributed by atoms with Crippen LogP contribution in [0.15, 0.2) is 66.4 Å². The van der Waals surface area contributed by atoms with Crippen molar-refractivity contribution in [2.45, 2.75) is 6.92 Å². The van der Waals surface area contributed by atoms with Gasteiger partial charge in [0, 0.05) is 22.8 Å². The van der Waals surface area contributed by atoms with Crippen LogP contribution in [0, 0.1) is 17.0 Å². The maximum Gasteiger partial charge on any atom is 0.272 e. The van der Waals surface area contributed by atoms with Crippen molar-refractivity contribution in [1.82, 2.24) is 5.32 Å². The molecule has 0 aliphatic rings. The number of halogens is 2. The van der Waals surface area contributed by atoms with Gasteiger partial charge in [-0.15, -0.1) is 0 Å². The summed E-state index contributed by atoms with van der Waals surface area (Å²) in [6.07, 6.45) is 1.33. The zero-order chi connectivity index (χ0) is 24.8. The Bertz CT molecular complexity index is 1310. The van der Waals surface area contributed by atoms with E-state index in [0.29, 0.717) is 22.0 Å². The first-order valence-electron chi connectivity index (χ1n) is 9.86. The van der Waals surface area contributed by atoms with E-state index in [0.717, 1.165) is 5.56 Å². The summed E-state index contributed by atoms with van der Waals surface area (Å²) in [5.41, 5.74) is 1.32. The minimum Gasteiger partial charge on any atom is -0.497 e. The molecule has 0 unspecified atom stereocenters. The highest BCUT2D eigenvalue weighted by Gasteiger charge is 2.19. The molecule has 8 nitrogen and oxygen atoms in total. The van der Waals surface area contributed by atoms with E-state index in [2.05, 4.69) is 10.6 Å². The Balaban J connectivity index is 1.98. The van der Waals surface area contributed by atoms with E-state index in [1.54, 1.807) is 37.3 Å². The molecule has 3 rings (SSSR count). The van der Waals surface area contributed by atoms with Gasteiger partial charge in [0.25, 0.3) is 17.5 Å². The maximum atomic E-state index is 13.1. The van der Waals surface area contributed by atoms with Crippen LogP contribution in [0.4, 0.5) is 11.4 Å². The largest absolute Gasteiger partial charge is 0.497 e. The number of aryl methyl sites for hydroxylation is 1. The van der Waals surface area contributed by atoms with Crippen LogP contribution in [0.1, 0.15) is 21.5 Å². The number of carbonyl (C=O) groups is 2. The number of nitrogens with one attached hydrogen (secondary N) is 2. The van der Waals surface area contributed by atoms with Crippen molar-refractivity contribution in [3.8, 4) is 5.75 Å². The van der Waals surface area contributed by atoms with E-state index >= 15 is 0 Å². The first kappa shape index (κ1) is 24.8. The predicted molar refractivity (Wildman–Crippen MR) is 131 cm³/mol. The summed E-state index contributed by atoms with van der Waals surface area (Å²) >= 11 is 12.2. The van der Waals surface area contributed by atoms with Crippen molar-refractivity contribution >= 4 is 52.5 Å². The Labute approximate surface area is 205 Å². The van der Waals surface area contributed by atoms with Crippen LogP contribution in [-0.2, 0) is 4.79 Å². The summed E-state index contributed by atoms with van der Waals surface area (Å²) in [4.78, 5) is 36.6. The van der Waals surface area contributed by atoms with Gasteiger partial charge in [-0.2, -0.15) is 0 Å². The number of nitro benzene ring substituents is 1. The zero-order valence-electron chi connectivity index (χ0n) is 18.1. The topological polar surface area (TPSA) is 111 Å². The van der Waals surface area contributed by atoms with Gasteiger partial charge in [0.2, 0.25) is 0 Å². The number of benzene rings is 3. The van der Waals surface area contributed by atoms with Crippen molar-refractivity contribution in [2.75, 3.05) is 12.4 Å². The number of non-ortho nitro benzene ring substituents is 1. The molecule has 0 aliphatic carbocycles. The van der Waals surface area contributed by atoms with Crippen LogP contribution in [0.3, 0.4) is 0 Å². The fourth-order valence-electron chi connectivity index (χ4n) is 2.97. The van der Waals surface area contributed by atoms with Gasteiger partial charge in [-0.3, -0.25) is 19.7 Å². The number of amides is 2. The summed E-state index contributed by atoms with van der Waals surface area (Å²) in [5.74, 6) is -0.847. The predicted octanol–water partition coefficient (Wildman–Crippen LogP) is 5.63. The molecule has 0 aliphatic heterocycles. The van der Waals surface area contributed by atoms with Crippen molar-refractivity contribution in [3.05, 3.63) is 103 Å². The summed E-state index contributed by atoms with van der Waals surface area (Å²) in [5, 5.41) is 16.9. The quantitative estimate of drug-likeness (QED) is 0.248. The molecule has 0 saturated carbocycles. The first-order valence-corrected chi connectivity index (χ1v) is 10.6. The van der Waals surface area contributed by atoms with Crippen molar-refractivity contribution in [1.29, 1.82) is 0 Å². The maximum absolute atomic E-state index is 13.1. The van der Waals surface area contributed by atoms with Gasteiger partial charge in [0.15, 0.2) is 0 Å². The Morgan fingerprint density at radius 1 is 1.06 bits per heavy atom. The van der Waals surface area contributed by atoms with Crippen LogP contribution in [0.2, 0.25) is 10.0 Å². The highest BCUT2D eigenvalue weighted by molar-refractivity contribution is 6.34. The van der Waals surface area contributed by atoms with Gasteiger partial charge in [-0.25, -0.2) is 0 Å². The number of ether oxygens (including phenoxy) is 1. The van der Waals surface area contributed by atoms with E-state index in [1.807, 2.05) is 0 Å². The van der Waals surface area contributed by atoms with E-state index in [9.17, 15) is 19.7 Å². The van der Waals surface area contributed by atoms with Crippen LogP contribution in [0.5, 0.6) is 5.75 Å². The molecule has 0 aromatic heterocycles. The highest BCUT2D eigenvalue weighted by atomic mass is 35.5. The molecule has 0 spiro atoms. The Morgan fingerprint density at radius 2 is 1.82 bits per heavy atom. The molecule has 0 fully saturated rings. The van der Waals surface area contributed by atoms with Gasteiger partial charge in [0.1, 0.15) is 11.4 Å². The van der Waals surface area contributed by atoms with Crippen molar-refractivity contribution < 1.29 is 19.2 Å². The molecule has 34 heavy (non-hydrogen) atoms. The van der Waals surface area contributed by atoms with Gasteiger partial charge >= 0.3 is 0 Å². The van der Waals surface area contributed by atoms with Crippen molar-refractivity contribution in [2.24, 2.45) is 0 Å². The summed E-state index contributed by atoms with van der Waals surface area (Å²) in [6, 6.07) is 15.1. The number of nitro groups is 1. The van der Waals surface area contributed by atoms with E-state index in [4.69, 9.17) is 27.9 Å². The normalized spacial score (nSPS) is 11.0. The lowest BCUT2D eigenvalue weighted by Gasteiger charge is -2.14. The van der Waals surface area contributed by atoms with Crippen LogP contribution >= 0.6 is 23.2 Å². The van der Waals surface area contributed by atoms with Gasteiger partial charge in [-0.05, 0) is 54.5 Å². The number of nitrogens with zero attached hydrogens (tertiary/aromatic N) is 1. The Hall–Kier alpha value is -3.88. The van der Waals surface area contributed by atoms with Crippen LogP contribution in [-0.4, -0.2) is 23.8 Å². The smallest absolute Gasteiger partial charge is 0.272 e. The summed E-state index contributed by atoms with van der Waals surface area (Å²) < 4.78 is 5.09. The molecule has 0 saturated heterocycles. The third kappa shape index (κ3) is 6.12. The van der Waals surface area contributed by atoms with Crippen LogP contribution in [0.25, 0.3) is 6.08 Å². The second-order valence-corrected chi connectivity index (χ2v) is 7.97. The number of anilines is 1. The molecule has 0 bridgehead atoms. The van der Waals surface area contributed by atoms with Crippen molar-refractivity contribution in [3.63, 3.8) is 0 Å².